The highest BCUT2D eigenvalue weighted by Gasteiger charge is 2.40. The molecule has 73 heavy (non-hydrogen) atoms. The van der Waals surface area contributed by atoms with Gasteiger partial charge in [-0.2, -0.15) is 0 Å². The number of fused-ring (bicyclic) bond motifs is 13. The van der Waals surface area contributed by atoms with Crippen LogP contribution in [0.1, 0.15) is 49.9 Å². The molecule has 0 aromatic heterocycles. The Hall–Kier alpha value is -8.10. The van der Waals surface area contributed by atoms with Crippen LogP contribution in [0.3, 0.4) is 0 Å². The van der Waals surface area contributed by atoms with Crippen LogP contribution in [0.15, 0.2) is 218 Å². The molecule has 3 aliphatic rings. The first-order chi connectivity index (χ1) is 35.5. The Balaban J connectivity index is 1.10. The fraction of sp³-hybridized carbons (Fsp3) is 0.111. The van der Waals surface area contributed by atoms with Gasteiger partial charge < -0.3 is 0 Å². The lowest BCUT2D eigenvalue weighted by atomic mass is 9.78. The van der Waals surface area contributed by atoms with Crippen LogP contribution in [-0.2, 0) is 10.8 Å². The van der Waals surface area contributed by atoms with Gasteiger partial charge in [0.1, 0.15) is 8.07 Å². The van der Waals surface area contributed by atoms with Crippen molar-refractivity contribution in [3.8, 4) is 77.9 Å². The summed E-state index contributed by atoms with van der Waals surface area (Å²) in [6.07, 6.45) is 0. The third-order valence-electron chi connectivity index (χ3n) is 17.8. The highest BCUT2D eigenvalue weighted by Crippen LogP contribution is 2.55. The molecule has 1 heteroatoms. The monoisotopic (exact) mass is 946 g/mol. The van der Waals surface area contributed by atoms with Gasteiger partial charge in [0, 0.05) is 10.8 Å². The fourth-order valence-corrected chi connectivity index (χ4v) is 17.4. The minimum absolute atomic E-state index is 0.140. The lowest BCUT2D eigenvalue weighted by Crippen LogP contribution is -2.49. The van der Waals surface area contributed by atoms with E-state index in [0.717, 1.165) is 0 Å². The van der Waals surface area contributed by atoms with Crippen LogP contribution < -0.4 is 10.4 Å². The molecule has 0 radical (unpaired) electrons. The minimum atomic E-state index is -2.10. The van der Waals surface area contributed by atoms with E-state index in [4.69, 9.17) is 0 Å². The summed E-state index contributed by atoms with van der Waals surface area (Å²) in [4.78, 5) is 0. The van der Waals surface area contributed by atoms with Crippen LogP contribution in [-0.4, -0.2) is 8.07 Å². The SMILES string of the molecule is CC1(C)c2ccccc2-c2ccc(-c3c4ccc(-c5c6ccccc6c(-c6ccccc6)c6ccccc56)cc4c(-c4ccc5c(c4)C(C)(C)c4ccccc4-5)c4cc5c(cc34)-c3ccccc3[Si]5(C)C)cc21. The summed E-state index contributed by atoms with van der Waals surface area (Å²) in [6.45, 7) is 14.8. The highest BCUT2D eigenvalue weighted by molar-refractivity contribution is 7.04. The molecular formula is C72H54Si. The van der Waals surface area contributed by atoms with Crippen LogP contribution in [0.5, 0.6) is 0 Å². The molecule has 1 heterocycles. The van der Waals surface area contributed by atoms with Crippen molar-refractivity contribution in [2.24, 2.45) is 0 Å². The van der Waals surface area contributed by atoms with Crippen LogP contribution in [0.25, 0.3) is 121 Å². The van der Waals surface area contributed by atoms with Gasteiger partial charge in [-0.05, 0) is 178 Å². The summed E-state index contributed by atoms with van der Waals surface area (Å²) in [6, 6.07) is 84.1. The second kappa shape index (κ2) is 15.0. The molecule has 0 atom stereocenters. The van der Waals surface area contributed by atoms with Crippen molar-refractivity contribution in [3.63, 3.8) is 0 Å². The van der Waals surface area contributed by atoms with Gasteiger partial charge >= 0.3 is 0 Å². The van der Waals surface area contributed by atoms with E-state index in [2.05, 4.69) is 259 Å². The zero-order valence-corrected chi connectivity index (χ0v) is 43.3. The van der Waals surface area contributed by atoms with Crippen molar-refractivity contribution in [2.45, 2.75) is 51.6 Å². The molecule has 15 rings (SSSR count). The van der Waals surface area contributed by atoms with Crippen LogP contribution in [0.2, 0.25) is 13.1 Å². The molecule has 0 bridgehead atoms. The molecule has 0 saturated carbocycles. The average Bonchev–Trinajstić information content (AvgIpc) is 3.90. The van der Waals surface area contributed by atoms with Gasteiger partial charge in [0.2, 0.25) is 0 Å². The lowest BCUT2D eigenvalue weighted by molar-refractivity contribution is 0.660. The number of hydrogen-bond donors (Lipinski definition) is 0. The molecule has 0 spiro atoms. The maximum absolute atomic E-state index is 2.67. The van der Waals surface area contributed by atoms with E-state index >= 15 is 0 Å². The zero-order chi connectivity index (χ0) is 49.1. The Bertz CT molecular complexity index is 4330. The first kappa shape index (κ1) is 42.6. The van der Waals surface area contributed by atoms with Gasteiger partial charge in [0.05, 0.1) is 0 Å². The summed E-state index contributed by atoms with van der Waals surface area (Å²) in [7, 11) is -2.10. The van der Waals surface area contributed by atoms with Gasteiger partial charge in [0.15, 0.2) is 0 Å². The van der Waals surface area contributed by atoms with Crippen molar-refractivity contribution in [1.82, 2.24) is 0 Å². The molecule has 0 fully saturated rings. The number of rotatable bonds is 4. The van der Waals surface area contributed by atoms with Crippen molar-refractivity contribution in [1.29, 1.82) is 0 Å². The predicted octanol–water partition coefficient (Wildman–Crippen LogP) is 18.4. The van der Waals surface area contributed by atoms with Crippen LogP contribution in [0, 0.1) is 0 Å². The molecule has 346 valence electrons. The van der Waals surface area contributed by atoms with E-state index in [1.165, 1.54) is 154 Å². The summed E-state index contributed by atoms with van der Waals surface area (Å²) in [5.41, 5.74) is 23.7. The van der Waals surface area contributed by atoms with E-state index in [1.54, 1.807) is 0 Å². The number of hydrogen-bond acceptors (Lipinski definition) is 0. The third-order valence-corrected chi connectivity index (χ3v) is 21.4. The Morgan fingerprint density at radius 1 is 0.247 bits per heavy atom. The van der Waals surface area contributed by atoms with Gasteiger partial charge in [-0.25, -0.2) is 0 Å². The van der Waals surface area contributed by atoms with Crippen molar-refractivity contribution >= 4 is 61.5 Å². The first-order valence-electron chi connectivity index (χ1n) is 26.2. The molecule has 2 aliphatic carbocycles. The highest BCUT2D eigenvalue weighted by atomic mass is 28.3. The van der Waals surface area contributed by atoms with Gasteiger partial charge in [-0.3, -0.25) is 0 Å². The van der Waals surface area contributed by atoms with E-state index in [0.29, 0.717) is 0 Å². The zero-order valence-electron chi connectivity index (χ0n) is 42.3. The standard InChI is InChI=1S/C72H54Si/c1-71(2)61-29-17-14-22-47(61)49-35-32-45(39-63(49)71)69-56-37-34-44(68-54-27-12-10-25-52(54)67(43-20-8-7-9-21-43)53-26-11-13-28-55(53)68)38-58(56)70(46-33-36-50-48-23-15-18-30-62(48)72(3,4)64(50)40-46)60-42-66-57(41-59(60)69)51-24-16-19-31-65(51)73(66,5)6/h7-42H,1-6H3. The molecule has 0 nitrogen and oxygen atoms in total. The molecule has 0 N–H and O–H groups in total. The summed E-state index contributed by atoms with van der Waals surface area (Å²) >= 11 is 0. The molecule has 1 aliphatic heterocycles. The van der Waals surface area contributed by atoms with Crippen molar-refractivity contribution in [3.05, 3.63) is 241 Å². The largest absolute Gasteiger partial charge is 0.113 e. The third kappa shape index (κ3) is 5.77. The van der Waals surface area contributed by atoms with Crippen LogP contribution >= 0.6 is 0 Å². The maximum Gasteiger partial charge on any atom is 0.113 e. The van der Waals surface area contributed by atoms with Crippen molar-refractivity contribution < 1.29 is 0 Å². The molecule has 12 aromatic rings. The van der Waals surface area contributed by atoms with E-state index in [-0.39, 0.29) is 10.8 Å². The lowest BCUT2D eigenvalue weighted by Gasteiger charge is -2.25. The predicted molar refractivity (Wildman–Crippen MR) is 316 cm³/mol. The quantitative estimate of drug-likeness (QED) is 0.122. The molecule has 0 unspecified atom stereocenters. The van der Waals surface area contributed by atoms with Crippen molar-refractivity contribution in [2.75, 3.05) is 0 Å². The van der Waals surface area contributed by atoms with E-state index in [9.17, 15) is 0 Å². The minimum Gasteiger partial charge on any atom is -0.0623 e. The second-order valence-corrected chi connectivity index (χ2v) is 27.0. The van der Waals surface area contributed by atoms with E-state index < -0.39 is 8.07 Å². The Labute approximate surface area is 429 Å². The van der Waals surface area contributed by atoms with Gasteiger partial charge in [0.25, 0.3) is 0 Å². The van der Waals surface area contributed by atoms with Gasteiger partial charge in [-0.15, -0.1) is 0 Å². The topological polar surface area (TPSA) is 0 Å². The molecular weight excluding hydrogens is 893 g/mol. The van der Waals surface area contributed by atoms with Crippen LogP contribution in [0.4, 0.5) is 0 Å². The smallest absolute Gasteiger partial charge is 0.0623 e. The Morgan fingerprint density at radius 3 is 1.21 bits per heavy atom. The first-order valence-corrected chi connectivity index (χ1v) is 29.2. The normalized spacial score (nSPS) is 15.0. The van der Waals surface area contributed by atoms with Gasteiger partial charge in [-0.1, -0.05) is 235 Å². The molecule has 12 aromatic carbocycles. The number of benzene rings is 12. The molecule has 0 saturated heterocycles. The summed E-state index contributed by atoms with van der Waals surface area (Å²) < 4.78 is 0. The molecule has 0 amide bonds. The van der Waals surface area contributed by atoms with E-state index in [1.807, 2.05) is 0 Å². The second-order valence-electron chi connectivity index (χ2n) is 22.7. The fourth-order valence-electron chi connectivity index (χ4n) is 14.3. The summed E-state index contributed by atoms with van der Waals surface area (Å²) in [5, 5.41) is 13.3. The maximum atomic E-state index is 2.67. The average molecular weight is 947 g/mol. The Morgan fingerprint density at radius 2 is 0.630 bits per heavy atom. The summed E-state index contributed by atoms with van der Waals surface area (Å²) in [5.74, 6) is 0. The Kier molecular flexibility index (Phi) is 8.74.